The van der Waals surface area contributed by atoms with Gasteiger partial charge in [-0.2, -0.15) is 0 Å². The van der Waals surface area contributed by atoms with Crippen molar-refractivity contribution in [1.82, 2.24) is 0 Å². The van der Waals surface area contributed by atoms with Crippen molar-refractivity contribution in [1.29, 1.82) is 0 Å². The van der Waals surface area contributed by atoms with E-state index in [0.29, 0.717) is 11.3 Å². The van der Waals surface area contributed by atoms with E-state index >= 15 is 0 Å². The lowest BCUT2D eigenvalue weighted by Gasteiger charge is -2.38. The zero-order chi connectivity index (χ0) is 19.3. The van der Waals surface area contributed by atoms with Crippen LogP contribution in [0.15, 0.2) is 42.5 Å². The largest absolute Gasteiger partial charge is 0.372 e. The Labute approximate surface area is 156 Å². The van der Waals surface area contributed by atoms with Crippen LogP contribution in [-0.2, 0) is 0 Å². The number of hydrogen-bond donors (Lipinski definition) is 1. The SMILES string of the molecule is Cc1cc([N+](=O)[O-])c2c(c1C)[C@H]1C=CC[C@H]1[C@H](c1ccccc1[N+](=O)[O-])N2. The van der Waals surface area contributed by atoms with E-state index in [1.165, 1.54) is 6.07 Å². The number of nitrogens with one attached hydrogen (secondary N) is 1. The second-order valence-corrected chi connectivity index (χ2v) is 7.17. The fraction of sp³-hybridized carbons (Fsp3) is 0.300. The molecule has 1 heterocycles. The molecule has 0 radical (unpaired) electrons. The summed E-state index contributed by atoms with van der Waals surface area (Å²) in [5, 5.41) is 26.5. The molecule has 0 bridgehead atoms. The maximum absolute atomic E-state index is 11.7. The van der Waals surface area contributed by atoms with Crippen LogP contribution < -0.4 is 5.32 Å². The fourth-order valence-corrected chi connectivity index (χ4v) is 4.45. The summed E-state index contributed by atoms with van der Waals surface area (Å²) < 4.78 is 0. The van der Waals surface area contributed by atoms with Gasteiger partial charge in [0.2, 0.25) is 0 Å². The zero-order valence-corrected chi connectivity index (χ0v) is 15.0. The predicted molar refractivity (Wildman–Crippen MR) is 102 cm³/mol. The minimum absolute atomic E-state index is 0.00432. The molecule has 0 saturated carbocycles. The van der Waals surface area contributed by atoms with Crippen LogP contribution in [0, 0.1) is 40.0 Å². The fourth-order valence-electron chi connectivity index (χ4n) is 4.45. The van der Waals surface area contributed by atoms with E-state index in [0.717, 1.165) is 23.1 Å². The second-order valence-electron chi connectivity index (χ2n) is 7.17. The first-order chi connectivity index (χ1) is 12.9. The van der Waals surface area contributed by atoms with Gasteiger partial charge in [0.1, 0.15) is 5.69 Å². The number of benzene rings is 2. The Morgan fingerprint density at radius 1 is 1.07 bits per heavy atom. The summed E-state index contributed by atoms with van der Waals surface area (Å²) in [6, 6.07) is 7.85. The van der Waals surface area contributed by atoms with E-state index in [-0.39, 0.29) is 34.2 Å². The van der Waals surface area contributed by atoms with Crippen molar-refractivity contribution in [2.45, 2.75) is 32.2 Å². The Bertz CT molecular complexity index is 999. The van der Waals surface area contributed by atoms with Crippen LogP contribution in [0.3, 0.4) is 0 Å². The summed E-state index contributed by atoms with van der Waals surface area (Å²) in [6.45, 7) is 3.86. The molecular formula is C20H19N3O4. The van der Waals surface area contributed by atoms with Gasteiger partial charge in [-0.1, -0.05) is 30.4 Å². The smallest absolute Gasteiger partial charge is 0.292 e. The predicted octanol–water partition coefficient (Wildman–Crippen LogP) is 4.95. The minimum atomic E-state index is -0.390. The molecule has 7 nitrogen and oxygen atoms in total. The van der Waals surface area contributed by atoms with Gasteiger partial charge in [0.15, 0.2) is 0 Å². The number of fused-ring (bicyclic) bond motifs is 3. The lowest BCUT2D eigenvalue weighted by Crippen LogP contribution is -2.31. The molecule has 1 aliphatic heterocycles. The number of rotatable bonds is 3. The monoisotopic (exact) mass is 365 g/mol. The van der Waals surface area contributed by atoms with Crippen LogP contribution in [0.2, 0.25) is 0 Å². The molecule has 27 heavy (non-hydrogen) atoms. The molecule has 0 fully saturated rings. The zero-order valence-electron chi connectivity index (χ0n) is 15.0. The Hall–Kier alpha value is -3.22. The average Bonchev–Trinajstić information content (AvgIpc) is 3.13. The molecule has 3 atom stereocenters. The number of anilines is 1. The molecule has 1 aliphatic carbocycles. The Balaban J connectivity index is 1.94. The van der Waals surface area contributed by atoms with Gasteiger partial charge in [-0.05, 0) is 42.9 Å². The van der Waals surface area contributed by atoms with Crippen molar-refractivity contribution < 1.29 is 9.85 Å². The Morgan fingerprint density at radius 2 is 1.78 bits per heavy atom. The van der Waals surface area contributed by atoms with Crippen LogP contribution in [0.5, 0.6) is 0 Å². The normalized spacial score (nSPS) is 22.7. The summed E-state index contributed by atoms with van der Waals surface area (Å²) in [5.41, 5.74) is 3.97. The maximum atomic E-state index is 11.7. The van der Waals surface area contributed by atoms with Gasteiger partial charge in [-0.15, -0.1) is 0 Å². The van der Waals surface area contributed by atoms with E-state index in [1.54, 1.807) is 24.3 Å². The molecule has 2 aromatic rings. The number of aryl methyl sites for hydroxylation is 1. The number of nitro groups is 2. The Morgan fingerprint density at radius 3 is 2.48 bits per heavy atom. The third-order valence-electron chi connectivity index (χ3n) is 5.81. The summed E-state index contributed by atoms with van der Waals surface area (Å²) in [4.78, 5) is 22.4. The first-order valence-corrected chi connectivity index (χ1v) is 8.85. The molecule has 0 spiro atoms. The van der Waals surface area contributed by atoms with Gasteiger partial charge in [0.25, 0.3) is 11.4 Å². The summed E-state index contributed by atoms with van der Waals surface area (Å²) in [5.74, 6) is 0.0864. The lowest BCUT2D eigenvalue weighted by molar-refractivity contribution is -0.386. The van der Waals surface area contributed by atoms with Crippen LogP contribution in [-0.4, -0.2) is 9.85 Å². The summed E-state index contributed by atoms with van der Waals surface area (Å²) >= 11 is 0. The Kier molecular flexibility index (Phi) is 3.95. The highest BCUT2D eigenvalue weighted by molar-refractivity contribution is 5.74. The summed E-state index contributed by atoms with van der Waals surface area (Å²) in [6.07, 6.45) is 4.93. The van der Waals surface area contributed by atoms with E-state index in [9.17, 15) is 20.2 Å². The van der Waals surface area contributed by atoms with Crippen LogP contribution in [0.4, 0.5) is 17.1 Å². The number of nitro benzene ring substituents is 2. The molecule has 0 saturated heterocycles. The molecule has 138 valence electrons. The highest BCUT2D eigenvalue weighted by atomic mass is 16.6. The van der Waals surface area contributed by atoms with Crippen molar-refractivity contribution in [3.63, 3.8) is 0 Å². The van der Waals surface area contributed by atoms with Crippen LogP contribution in [0.1, 0.15) is 40.6 Å². The first-order valence-electron chi connectivity index (χ1n) is 8.85. The summed E-state index contributed by atoms with van der Waals surface area (Å²) in [7, 11) is 0. The van der Waals surface area contributed by atoms with E-state index in [2.05, 4.69) is 17.5 Å². The number of para-hydroxylation sites is 1. The van der Waals surface area contributed by atoms with Crippen LogP contribution in [0.25, 0.3) is 0 Å². The van der Waals surface area contributed by atoms with Crippen molar-refractivity contribution in [2.75, 3.05) is 5.32 Å². The minimum Gasteiger partial charge on any atom is -0.372 e. The molecule has 0 unspecified atom stereocenters. The van der Waals surface area contributed by atoms with Gasteiger partial charge in [0.05, 0.1) is 21.5 Å². The third kappa shape index (κ3) is 2.58. The lowest BCUT2D eigenvalue weighted by atomic mass is 9.74. The highest BCUT2D eigenvalue weighted by Crippen LogP contribution is 2.54. The molecule has 0 amide bonds. The molecular weight excluding hydrogens is 346 g/mol. The van der Waals surface area contributed by atoms with E-state index in [1.807, 2.05) is 13.8 Å². The molecule has 0 aromatic heterocycles. The molecule has 2 aliphatic rings. The quantitative estimate of drug-likeness (QED) is 0.471. The van der Waals surface area contributed by atoms with Crippen molar-refractivity contribution in [3.05, 3.63) is 85.0 Å². The van der Waals surface area contributed by atoms with E-state index < -0.39 is 4.92 Å². The van der Waals surface area contributed by atoms with Crippen LogP contribution >= 0.6 is 0 Å². The second kappa shape index (κ2) is 6.19. The van der Waals surface area contributed by atoms with Crippen molar-refractivity contribution >= 4 is 17.1 Å². The topological polar surface area (TPSA) is 98.3 Å². The molecule has 7 heteroatoms. The van der Waals surface area contributed by atoms with Gasteiger partial charge in [-0.25, -0.2) is 0 Å². The molecule has 4 rings (SSSR count). The van der Waals surface area contributed by atoms with Crippen molar-refractivity contribution in [2.24, 2.45) is 5.92 Å². The maximum Gasteiger partial charge on any atom is 0.292 e. The highest BCUT2D eigenvalue weighted by Gasteiger charge is 2.43. The van der Waals surface area contributed by atoms with Gasteiger partial charge < -0.3 is 5.32 Å². The first kappa shape index (κ1) is 17.2. The van der Waals surface area contributed by atoms with Gasteiger partial charge >= 0.3 is 0 Å². The van der Waals surface area contributed by atoms with E-state index in [4.69, 9.17) is 0 Å². The van der Waals surface area contributed by atoms with Gasteiger partial charge in [0, 0.05) is 18.1 Å². The number of allylic oxidation sites excluding steroid dienone is 2. The van der Waals surface area contributed by atoms with Crippen molar-refractivity contribution in [3.8, 4) is 0 Å². The average molecular weight is 365 g/mol. The van der Waals surface area contributed by atoms with Gasteiger partial charge in [-0.3, -0.25) is 20.2 Å². The number of nitrogens with zero attached hydrogens (tertiary/aromatic N) is 2. The molecule has 1 N–H and O–H groups in total. The molecule has 2 aromatic carbocycles. The number of hydrogen-bond acceptors (Lipinski definition) is 5. The third-order valence-corrected chi connectivity index (χ3v) is 5.81. The standard InChI is InChI=1S/C20H19N3O4/c1-11-10-17(23(26)27)20-18(12(11)2)13-7-5-8-14(13)19(21-20)15-6-3-4-9-16(15)22(24)25/h3-7,9-10,13-14,19,21H,8H2,1-2H3/t13-,14+,19+/m0/s1.